The summed E-state index contributed by atoms with van der Waals surface area (Å²) in [6.45, 7) is 3.83. The van der Waals surface area contributed by atoms with Crippen LogP contribution in [0.25, 0.3) is 0 Å². The Balaban J connectivity index is 2.19. The summed E-state index contributed by atoms with van der Waals surface area (Å²) in [6, 6.07) is 9.92. The van der Waals surface area contributed by atoms with E-state index in [0.717, 1.165) is 18.4 Å². The predicted octanol–water partition coefficient (Wildman–Crippen LogP) is 5.85. The van der Waals surface area contributed by atoms with Crippen LogP contribution < -0.4 is 5.32 Å². The molecular formula is C23H35NO. The molecule has 0 bridgehead atoms. The first-order valence-corrected chi connectivity index (χ1v) is 10.1. The van der Waals surface area contributed by atoms with Gasteiger partial charge in [0.2, 0.25) is 5.91 Å². The number of rotatable bonds is 12. The highest BCUT2D eigenvalue weighted by Crippen LogP contribution is 2.12. The van der Waals surface area contributed by atoms with Crippen LogP contribution in [0.15, 0.2) is 30.3 Å². The van der Waals surface area contributed by atoms with Gasteiger partial charge >= 0.3 is 0 Å². The highest BCUT2D eigenvalue weighted by atomic mass is 16.1. The minimum atomic E-state index is -0.0354. The number of carbonyl (C=O) groups is 1. The molecule has 1 N–H and O–H groups in total. The average molecular weight is 342 g/mol. The van der Waals surface area contributed by atoms with E-state index >= 15 is 0 Å². The van der Waals surface area contributed by atoms with E-state index in [9.17, 15) is 4.79 Å². The fourth-order valence-electron chi connectivity index (χ4n) is 2.95. The maximum Gasteiger partial charge on any atom is 0.217 e. The van der Waals surface area contributed by atoms with Crippen molar-refractivity contribution in [2.45, 2.75) is 90.5 Å². The third-order valence-corrected chi connectivity index (χ3v) is 4.39. The van der Waals surface area contributed by atoms with E-state index in [1.165, 1.54) is 57.8 Å². The van der Waals surface area contributed by atoms with Gasteiger partial charge in [-0.05, 0) is 18.6 Å². The molecule has 0 heterocycles. The largest absolute Gasteiger partial charge is 0.343 e. The van der Waals surface area contributed by atoms with Gasteiger partial charge in [-0.1, -0.05) is 101 Å². The zero-order chi connectivity index (χ0) is 18.2. The first-order chi connectivity index (χ1) is 12.2. The second-order valence-electron chi connectivity index (χ2n) is 6.86. The summed E-state index contributed by atoms with van der Waals surface area (Å²) in [5.74, 6) is 6.39. The van der Waals surface area contributed by atoms with Crippen LogP contribution in [0.4, 0.5) is 0 Å². The van der Waals surface area contributed by atoms with E-state index in [-0.39, 0.29) is 11.9 Å². The molecule has 1 amide bonds. The average Bonchev–Trinajstić information content (AvgIpc) is 2.61. The Morgan fingerprint density at radius 1 is 0.920 bits per heavy atom. The predicted molar refractivity (Wildman–Crippen MR) is 107 cm³/mol. The second-order valence-corrected chi connectivity index (χ2v) is 6.86. The summed E-state index contributed by atoms with van der Waals surface area (Å²) >= 11 is 0. The molecule has 138 valence electrons. The summed E-state index contributed by atoms with van der Waals surface area (Å²) in [5.41, 5.74) is 1.00. The molecule has 0 aromatic heterocycles. The van der Waals surface area contributed by atoms with Crippen molar-refractivity contribution in [3.63, 3.8) is 0 Å². The molecule has 0 aliphatic carbocycles. The SMILES string of the molecule is CCCCCCCCCCCC[C@@H](C#Cc1ccccc1)NC(C)=O. The van der Waals surface area contributed by atoms with Crippen LogP contribution >= 0.6 is 0 Å². The Hall–Kier alpha value is -1.75. The van der Waals surface area contributed by atoms with Crippen molar-refractivity contribution >= 4 is 5.91 Å². The minimum Gasteiger partial charge on any atom is -0.343 e. The van der Waals surface area contributed by atoms with Gasteiger partial charge in [-0.15, -0.1) is 0 Å². The Morgan fingerprint density at radius 2 is 1.48 bits per heavy atom. The van der Waals surface area contributed by atoms with Gasteiger partial charge in [0.05, 0.1) is 6.04 Å². The molecule has 2 nitrogen and oxygen atoms in total. The van der Waals surface area contributed by atoms with Crippen LogP contribution in [-0.2, 0) is 4.79 Å². The Bertz CT molecular complexity index is 512. The second kappa shape index (κ2) is 14.6. The summed E-state index contributed by atoms with van der Waals surface area (Å²) in [5, 5.41) is 2.97. The molecule has 0 aliphatic heterocycles. The number of unbranched alkanes of at least 4 members (excludes halogenated alkanes) is 9. The fourth-order valence-corrected chi connectivity index (χ4v) is 2.95. The molecule has 1 aromatic rings. The quantitative estimate of drug-likeness (QED) is 0.375. The molecule has 0 saturated carbocycles. The monoisotopic (exact) mass is 341 g/mol. The van der Waals surface area contributed by atoms with E-state index in [1.54, 1.807) is 6.92 Å². The molecule has 0 saturated heterocycles. The standard InChI is InChI=1S/C23H35NO/c1-3-4-5-6-7-8-9-10-11-15-18-23(24-21(2)25)20-19-22-16-13-12-14-17-22/h12-14,16-17,23H,3-11,15,18H2,1-2H3,(H,24,25)/t23-/m0/s1. The topological polar surface area (TPSA) is 29.1 Å². The van der Waals surface area contributed by atoms with Crippen molar-refractivity contribution in [1.82, 2.24) is 5.32 Å². The molecule has 0 fully saturated rings. The summed E-state index contributed by atoms with van der Waals surface area (Å²) in [7, 11) is 0. The van der Waals surface area contributed by atoms with Crippen molar-refractivity contribution in [3.8, 4) is 11.8 Å². The Kier molecular flexibility index (Phi) is 12.4. The molecule has 0 spiro atoms. The maximum atomic E-state index is 11.4. The third-order valence-electron chi connectivity index (χ3n) is 4.39. The van der Waals surface area contributed by atoms with Gasteiger partial charge in [0.15, 0.2) is 0 Å². The molecule has 1 aromatic carbocycles. The highest BCUT2D eigenvalue weighted by molar-refractivity contribution is 5.73. The Labute approximate surface area is 154 Å². The number of hydrogen-bond acceptors (Lipinski definition) is 1. The summed E-state index contributed by atoms with van der Waals surface area (Å²) in [4.78, 5) is 11.4. The molecular weight excluding hydrogens is 306 g/mol. The van der Waals surface area contributed by atoms with Gasteiger partial charge in [0, 0.05) is 12.5 Å². The van der Waals surface area contributed by atoms with E-state index in [4.69, 9.17) is 0 Å². The number of carbonyl (C=O) groups excluding carboxylic acids is 1. The number of amides is 1. The van der Waals surface area contributed by atoms with Crippen LogP contribution in [-0.4, -0.2) is 11.9 Å². The van der Waals surface area contributed by atoms with E-state index in [2.05, 4.69) is 24.1 Å². The van der Waals surface area contributed by atoms with Gasteiger partial charge in [0.25, 0.3) is 0 Å². The zero-order valence-corrected chi connectivity index (χ0v) is 16.2. The fraction of sp³-hybridized carbons (Fsp3) is 0.609. The summed E-state index contributed by atoms with van der Waals surface area (Å²) in [6.07, 6.45) is 14.2. The lowest BCUT2D eigenvalue weighted by Crippen LogP contribution is -2.31. The molecule has 25 heavy (non-hydrogen) atoms. The van der Waals surface area contributed by atoms with Crippen LogP contribution in [0.1, 0.15) is 90.0 Å². The van der Waals surface area contributed by atoms with Crippen LogP contribution in [0, 0.1) is 11.8 Å². The van der Waals surface area contributed by atoms with Crippen molar-refractivity contribution in [3.05, 3.63) is 35.9 Å². The lowest BCUT2D eigenvalue weighted by atomic mass is 10.0. The van der Waals surface area contributed by atoms with Crippen molar-refractivity contribution in [2.75, 3.05) is 0 Å². The third kappa shape index (κ3) is 12.3. The maximum absolute atomic E-state index is 11.4. The summed E-state index contributed by atoms with van der Waals surface area (Å²) < 4.78 is 0. The van der Waals surface area contributed by atoms with Crippen molar-refractivity contribution in [1.29, 1.82) is 0 Å². The van der Waals surface area contributed by atoms with Gasteiger partial charge in [-0.2, -0.15) is 0 Å². The molecule has 0 radical (unpaired) electrons. The first kappa shape index (κ1) is 21.3. The van der Waals surface area contributed by atoms with E-state index in [1.807, 2.05) is 30.3 Å². The van der Waals surface area contributed by atoms with E-state index < -0.39 is 0 Å². The number of hydrogen-bond donors (Lipinski definition) is 1. The van der Waals surface area contributed by atoms with Gasteiger partial charge in [-0.25, -0.2) is 0 Å². The number of nitrogens with one attached hydrogen (secondary N) is 1. The Morgan fingerprint density at radius 3 is 2.04 bits per heavy atom. The zero-order valence-electron chi connectivity index (χ0n) is 16.2. The molecule has 0 unspecified atom stereocenters. The first-order valence-electron chi connectivity index (χ1n) is 10.1. The van der Waals surface area contributed by atoms with Gasteiger partial charge in [-0.3, -0.25) is 4.79 Å². The van der Waals surface area contributed by atoms with Crippen LogP contribution in [0.5, 0.6) is 0 Å². The van der Waals surface area contributed by atoms with Crippen molar-refractivity contribution < 1.29 is 4.79 Å². The minimum absolute atomic E-state index is 0.000518. The van der Waals surface area contributed by atoms with E-state index in [0.29, 0.717) is 0 Å². The smallest absolute Gasteiger partial charge is 0.217 e. The molecule has 1 atom stereocenters. The van der Waals surface area contributed by atoms with Crippen LogP contribution in [0.2, 0.25) is 0 Å². The van der Waals surface area contributed by atoms with Gasteiger partial charge < -0.3 is 5.32 Å². The van der Waals surface area contributed by atoms with Crippen LogP contribution in [0.3, 0.4) is 0 Å². The molecule has 2 heteroatoms. The van der Waals surface area contributed by atoms with Crippen molar-refractivity contribution in [2.24, 2.45) is 0 Å². The lowest BCUT2D eigenvalue weighted by molar-refractivity contribution is -0.119. The van der Waals surface area contributed by atoms with Gasteiger partial charge in [0.1, 0.15) is 0 Å². The molecule has 1 rings (SSSR count). The highest BCUT2D eigenvalue weighted by Gasteiger charge is 2.06. The number of benzene rings is 1. The molecule has 0 aliphatic rings. The normalized spacial score (nSPS) is 11.4. The lowest BCUT2D eigenvalue weighted by Gasteiger charge is -2.11.